The largest absolute Gasteiger partial charge is 0.469 e. The molecule has 1 aliphatic rings. The molecule has 1 saturated heterocycles. The number of aliphatic imine (C=N–C) groups is 1. The lowest BCUT2D eigenvalue weighted by Crippen LogP contribution is -2.29. The van der Waals surface area contributed by atoms with Gasteiger partial charge in [0.25, 0.3) is 0 Å². The topological polar surface area (TPSA) is 97.2 Å². The molecule has 1 aromatic heterocycles. The molecule has 31 heavy (non-hydrogen) atoms. The first-order valence-electron chi connectivity index (χ1n) is 9.97. The van der Waals surface area contributed by atoms with Gasteiger partial charge in [0.1, 0.15) is 6.10 Å². The van der Waals surface area contributed by atoms with Gasteiger partial charge in [-0.25, -0.2) is 8.42 Å². The van der Waals surface area contributed by atoms with Gasteiger partial charge in [-0.15, -0.1) is 11.3 Å². The fraction of sp³-hybridized carbons (Fsp3) is 0.409. The minimum absolute atomic E-state index is 0.276. The van der Waals surface area contributed by atoms with Crippen molar-refractivity contribution >= 4 is 38.5 Å². The molecule has 9 heteroatoms. The number of anilines is 1. The first kappa shape index (κ1) is 23.5. The Bertz CT molecular complexity index is 1090. The lowest BCUT2D eigenvalue weighted by molar-refractivity contribution is 0.0667. The third kappa shape index (κ3) is 6.16. The summed E-state index contributed by atoms with van der Waals surface area (Å²) >= 11 is 1.63. The summed E-state index contributed by atoms with van der Waals surface area (Å²) in [6.45, 7) is 4.66. The number of nitrogens with zero attached hydrogens (tertiary/aromatic N) is 1. The molecule has 0 amide bonds. The number of thiophene rings is 1. The smallest absolute Gasteiger partial charge is 0.229 e. The molecular formula is C22H28N2O5S2. The summed E-state index contributed by atoms with van der Waals surface area (Å²) in [7, 11) is -1.65. The molecular weight excluding hydrogens is 436 g/mol. The summed E-state index contributed by atoms with van der Waals surface area (Å²) in [5.74, 6) is 0.464. The molecule has 2 N–H and O–H groups in total. The second-order valence-electron chi connectivity index (χ2n) is 7.45. The fourth-order valence-electron chi connectivity index (χ4n) is 3.34. The molecule has 7 nitrogen and oxygen atoms in total. The number of hydrogen-bond donors (Lipinski definition) is 2. The van der Waals surface area contributed by atoms with Gasteiger partial charge in [0.15, 0.2) is 6.10 Å². The molecule has 3 rings (SSSR count). The van der Waals surface area contributed by atoms with Gasteiger partial charge in [-0.1, -0.05) is 13.0 Å². The number of benzene rings is 1. The summed E-state index contributed by atoms with van der Waals surface area (Å²) in [4.78, 5) is 5.31. The molecule has 2 heterocycles. The van der Waals surface area contributed by atoms with Gasteiger partial charge in [-0.3, -0.25) is 9.71 Å². The molecule has 0 saturated carbocycles. The quantitative estimate of drug-likeness (QED) is 0.481. The van der Waals surface area contributed by atoms with Crippen LogP contribution >= 0.6 is 11.3 Å². The van der Waals surface area contributed by atoms with Crippen LogP contribution in [0.15, 0.2) is 40.7 Å². The number of aliphatic hydroxyl groups is 1. The standard InChI is InChI=1S/C22H28N2O5S2/c1-5-15(10-22(23-3)29-20-12-28-11-19(20)25)16-9-21(30-13-16)18-7-6-17(8-14(18)2)24-31(4,26)27/h6-10,13,19-20,24-25H,5,11-12H2,1-4H3/b15-10+,23-22?. The summed E-state index contributed by atoms with van der Waals surface area (Å²) in [6, 6.07) is 7.64. The van der Waals surface area contributed by atoms with Crippen LogP contribution in [-0.2, 0) is 19.5 Å². The lowest BCUT2D eigenvalue weighted by Gasteiger charge is -2.15. The number of aliphatic hydroxyl groups excluding tert-OH is 1. The minimum atomic E-state index is -3.31. The van der Waals surface area contributed by atoms with E-state index < -0.39 is 22.2 Å². The molecule has 0 spiro atoms. The van der Waals surface area contributed by atoms with E-state index >= 15 is 0 Å². The van der Waals surface area contributed by atoms with Crippen molar-refractivity contribution < 1.29 is 23.0 Å². The van der Waals surface area contributed by atoms with Crippen molar-refractivity contribution in [3.05, 3.63) is 46.8 Å². The van der Waals surface area contributed by atoms with E-state index in [0.29, 0.717) is 18.2 Å². The number of nitrogens with one attached hydrogen (secondary N) is 1. The maximum atomic E-state index is 11.5. The Labute approximate surface area is 187 Å². The second kappa shape index (κ2) is 9.95. The predicted octanol–water partition coefficient (Wildman–Crippen LogP) is 3.69. The van der Waals surface area contributed by atoms with Crippen molar-refractivity contribution in [3.63, 3.8) is 0 Å². The van der Waals surface area contributed by atoms with E-state index in [0.717, 1.165) is 39.8 Å². The Morgan fingerprint density at radius 3 is 2.74 bits per heavy atom. The average Bonchev–Trinajstić information content (AvgIpc) is 3.33. The zero-order valence-corrected chi connectivity index (χ0v) is 19.7. The monoisotopic (exact) mass is 464 g/mol. The van der Waals surface area contributed by atoms with Crippen LogP contribution in [0.3, 0.4) is 0 Å². The van der Waals surface area contributed by atoms with Gasteiger partial charge in [-0.2, -0.15) is 0 Å². The molecule has 0 radical (unpaired) electrons. The fourth-order valence-corrected chi connectivity index (χ4v) is 4.92. The van der Waals surface area contributed by atoms with Crippen molar-refractivity contribution in [3.8, 4) is 10.4 Å². The van der Waals surface area contributed by atoms with E-state index in [-0.39, 0.29) is 6.61 Å². The Kier molecular flexibility index (Phi) is 7.53. The van der Waals surface area contributed by atoms with Gasteiger partial charge in [-0.05, 0) is 59.2 Å². The van der Waals surface area contributed by atoms with E-state index in [1.165, 1.54) is 0 Å². The molecule has 2 atom stereocenters. The summed E-state index contributed by atoms with van der Waals surface area (Å²) < 4.78 is 36.5. The van der Waals surface area contributed by atoms with Crippen LogP contribution in [0.25, 0.3) is 16.0 Å². The Morgan fingerprint density at radius 2 is 2.16 bits per heavy atom. The van der Waals surface area contributed by atoms with Gasteiger partial charge in [0.05, 0.1) is 19.5 Å². The van der Waals surface area contributed by atoms with E-state index in [9.17, 15) is 13.5 Å². The highest BCUT2D eigenvalue weighted by atomic mass is 32.2. The highest BCUT2D eigenvalue weighted by molar-refractivity contribution is 7.92. The van der Waals surface area contributed by atoms with Crippen molar-refractivity contribution in [2.45, 2.75) is 32.5 Å². The van der Waals surface area contributed by atoms with Crippen molar-refractivity contribution in [1.82, 2.24) is 0 Å². The molecule has 1 aromatic carbocycles. The van der Waals surface area contributed by atoms with Crippen LogP contribution in [0.4, 0.5) is 5.69 Å². The Balaban J connectivity index is 1.81. The number of sulfonamides is 1. The predicted molar refractivity (Wildman–Crippen MR) is 126 cm³/mol. The van der Waals surface area contributed by atoms with Gasteiger partial charge in [0, 0.05) is 23.7 Å². The molecule has 1 fully saturated rings. The van der Waals surface area contributed by atoms with Crippen LogP contribution in [0.2, 0.25) is 0 Å². The highest BCUT2D eigenvalue weighted by Gasteiger charge is 2.28. The zero-order chi connectivity index (χ0) is 22.6. The van der Waals surface area contributed by atoms with Gasteiger partial charge < -0.3 is 14.6 Å². The van der Waals surface area contributed by atoms with Crippen LogP contribution in [0, 0.1) is 6.92 Å². The first-order valence-corrected chi connectivity index (χ1v) is 12.7. The van der Waals surface area contributed by atoms with Gasteiger partial charge >= 0.3 is 0 Å². The third-order valence-corrected chi connectivity index (χ3v) is 6.51. The van der Waals surface area contributed by atoms with E-state index in [2.05, 4.69) is 28.1 Å². The maximum absolute atomic E-state index is 11.5. The van der Waals surface area contributed by atoms with E-state index in [1.807, 2.05) is 25.1 Å². The molecule has 1 aliphatic heterocycles. The average molecular weight is 465 g/mol. The molecule has 0 aliphatic carbocycles. The van der Waals surface area contributed by atoms with Crippen LogP contribution < -0.4 is 4.72 Å². The van der Waals surface area contributed by atoms with Gasteiger partial charge in [0.2, 0.25) is 15.9 Å². The van der Waals surface area contributed by atoms with Crippen molar-refractivity contribution in [2.24, 2.45) is 4.99 Å². The van der Waals surface area contributed by atoms with Crippen LogP contribution in [0.1, 0.15) is 24.5 Å². The van der Waals surface area contributed by atoms with Crippen molar-refractivity contribution in [1.29, 1.82) is 0 Å². The Hall–Kier alpha value is -2.20. The van der Waals surface area contributed by atoms with Crippen LogP contribution in [0.5, 0.6) is 0 Å². The summed E-state index contributed by atoms with van der Waals surface area (Å²) in [6.07, 6.45) is 2.78. The normalized spacial score (nSPS) is 20.2. The molecule has 2 unspecified atom stereocenters. The minimum Gasteiger partial charge on any atom is -0.469 e. The number of ether oxygens (including phenoxy) is 2. The van der Waals surface area contributed by atoms with E-state index in [4.69, 9.17) is 9.47 Å². The lowest BCUT2D eigenvalue weighted by atomic mass is 10.0. The van der Waals surface area contributed by atoms with E-state index in [1.54, 1.807) is 24.5 Å². The Morgan fingerprint density at radius 1 is 1.39 bits per heavy atom. The third-order valence-electron chi connectivity index (χ3n) is 4.94. The zero-order valence-electron chi connectivity index (χ0n) is 18.1. The number of rotatable bonds is 7. The molecule has 2 aromatic rings. The molecule has 168 valence electrons. The second-order valence-corrected chi connectivity index (χ2v) is 10.1. The van der Waals surface area contributed by atoms with Crippen LogP contribution in [-0.4, -0.2) is 58.1 Å². The molecule has 0 bridgehead atoms. The number of hydrogen-bond acceptors (Lipinski definition) is 7. The number of allylic oxidation sites excluding steroid dienone is 1. The maximum Gasteiger partial charge on any atom is 0.229 e. The number of aryl methyl sites for hydroxylation is 1. The van der Waals surface area contributed by atoms with Crippen molar-refractivity contribution in [2.75, 3.05) is 31.2 Å². The summed E-state index contributed by atoms with van der Waals surface area (Å²) in [5, 5.41) is 12.0. The highest BCUT2D eigenvalue weighted by Crippen LogP contribution is 2.34. The first-order chi connectivity index (χ1) is 14.7. The summed E-state index contributed by atoms with van der Waals surface area (Å²) in [5.41, 5.74) is 4.74. The SMILES string of the molecule is CC/C(=C\C(=NC)OC1COCC1O)c1csc(-c2ccc(NS(C)(=O)=O)cc2C)c1.